The highest BCUT2D eigenvalue weighted by atomic mass is 35.5. The van der Waals surface area contributed by atoms with Gasteiger partial charge in [-0.25, -0.2) is 4.39 Å². The van der Waals surface area contributed by atoms with Crippen molar-refractivity contribution in [3.63, 3.8) is 0 Å². The number of carbonyl (C=O) groups excluding carboxylic acids is 1. The van der Waals surface area contributed by atoms with Crippen LogP contribution in [0.3, 0.4) is 0 Å². The molecule has 0 radical (unpaired) electrons. The predicted molar refractivity (Wildman–Crippen MR) is 62.3 cm³/mol. The molecule has 0 aromatic heterocycles. The molecule has 0 unspecified atom stereocenters. The molecule has 1 aromatic rings. The third kappa shape index (κ3) is 2.84. The number of hydrogen-bond donors (Lipinski definition) is 1. The quantitative estimate of drug-likeness (QED) is 0.838. The summed E-state index contributed by atoms with van der Waals surface area (Å²) in [5.74, 6) is -1.29. The molecular weight excluding hydrogens is 256 g/mol. The van der Waals surface area contributed by atoms with Crippen molar-refractivity contribution in [3.05, 3.63) is 34.1 Å². The number of hydrogen-bond acceptors (Lipinski definition) is 3. The van der Waals surface area contributed by atoms with Crippen LogP contribution in [-0.4, -0.2) is 13.1 Å². The molecule has 0 amide bonds. The topological polar surface area (TPSA) is 52.3 Å². The molecule has 0 aliphatic carbocycles. The summed E-state index contributed by atoms with van der Waals surface area (Å²) in [6.45, 7) is 1.57. The number of halogens is 3. The van der Waals surface area contributed by atoms with Crippen LogP contribution >= 0.6 is 24.0 Å². The summed E-state index contributed by atoms with van der Waals surface area (Å²) >= 11 is 5.77. The summed E-state index contributed by atoms with van der Waals surface area (Å²) in [5.41, 5.74) is 5.88. The Kier molecular flexibility index (Phi) is 5.72. The predicted octanol–water partition coefficient (Wildman–Crippen LogP) is 2.38. The Balaban J connectivity index is 0.00000225. The second kappa shape index (κ2) is 6.03. The Bertz CT molecular complexity index is 399. The summed E-state index contributed by atoms with van der Waals surface area (Å²) in [5, 5.41) is 0.121. The normalized spacial score (nSPS) is 11.6. The summed E-state index contributed by atoms with van der Waals surface area (Å²) < 4.78 is 18.1. The van der Waals surface area contributed by atoms with Crippen molar-refractivity contribution in [1.29, 1.82) is 0 Å². The SMILES string of the molecule is COC(=O)[C@@H](N)c1c(Cl)ccc(C)c1F.Cl. The highest BCUT2D eigenvalue weighted by Crippen LogP contribution is 2.27. The largest absolute Gasteiger partial charge is 0.468 e. The summed E-state index contributed by atoms with van der Waals surface area (Å²) in [6.07, 6.45) is 0. The van der Waals surface area contributed by atoms with Crippen molar-refractivity contribution < 1.29 is 13.9 Å². The van der Waals surface area contributed by atoms with Gasteiger partial charge in [-0.1, -0.05) is 17.7 Å². The van der Waals surface area contributed by atoms with E-state index in [0.29, 0.717) is 5.56 Å². The van der Waals surface area contributed by atoms with Gasteiger partial charge in [0, 0.05) is 10.6 Å². The zero-order chi connectivity index (χ0) is 11.6. The smallest absolute Gasteiger partial charge is 0.327 e. The Morgan fingerprint density at radius 3 is 2.62 bits per heavy atom. The third-order valence-electron chi connectivity index (χ3n) is 2.09. The second-order valence-corrected chi connectivity index (χ2v) is 3.50. The highest BCUT2D eigenvalue weighted by Gasteiger charge is 2.23. The monoisotopic (exact) mass is 267 g/mol. The van der Waals surface area contributed by atoms with Crippen molar-refractivity contribution in [1.82, 2.24) is 0 Å². The van der Waals surface area contributed by atoms with Gasteiger partial charge in [-0.2, -0.15) is 0 Å². The lowest BCUT2D eigenvalue weighted by Gasteiger charge is -2.13. The molecule has 0 aliphatic heterocycles. The van der Waals surface area contributed by atoms with Gasteiger partial charge in [0.1, 0.15) is 11.9 Å². The number of carbonyl (C=O) groups is 1. The number of rotatable bonds is 2. The van der Waals surface area contributed by atoms with E-state index in [1.807, 2.05) is 0 Å². The van der Waals surface area contributed by atoms with Gasteiger partial charge in [-0.3, -0.25) is 4.79 Å². The highest BCUT2D eigenvalue weighted by molar-refractivity contribution is 6.31. The second-order valence-electron chi connectivity index (χ2n) is 3.09. The molecule has 16 heavy (non-hydrogen) atoms. The molecule has 90 valence electrons. The van der Waals surface area contributed by atoms with Gasteiger partial charge < -0.3 is 10.5 Å². The van der Waals surface area contributed by atoms with Gasteiger partial charge >= 0.3 is 5.97 Å². The zero-order valence-electron chi connectivity index (χ0n) is 8.79. The minimum atomic E-state index is -1.19. The Morgan fingerprint density at radius 1 is 1.56 bits per heavy atom. The van der Waals surface area contributed by atoms with Gasteiger partial charge in [0.2, 0.25) is 0 Å². The first-order chi connectivity index (χ1) is 6.99. The van der Waals surface area contributed by atoms with Crippen LogP contribution in [0.15, 0.2) is 12.1 Å². The lowest BCUT2D eigenvalue weighted by atomic mass is 10.0. The van der Waals surface area contributed by atoms with Gasteiger partial charge in [0.25, 0.3) is 0 Å². The molecule has 1 atom stereocenters. The van der Waals surface area contributed by atoms with E-state index in [2.05, 4.69) is 4.74 Å². The Labute approximate surface area is 104 Å². The first-order valence-electron chi connectivity index (χ1n) is 4.27. The Hall–Kier alpha value is -0.840. The number of esters is 1. The maximum Gasteiger partial charge on any atom is 0.327 e. The number of ether oxygens (including phenoxy) is 1. The molecule has 2 N–H and O–H groups in total. The molecule has 0 bridgehead atoms. The summed E-state index contributed by atoms with van der Waals surface area (Å²) in [4.78, 5) is 11.2. The van der Waals surface area contributed by atoms with Crippen LogP contribution in [0.5, 0.6) is 0 Å². The van der Waals surface area contributed by atoms with E-state index < -0.39 is 17.8 Å². The van der Waals surface area contributed by atoms with E-state index in [1.54, 1.807) is 6.92 Å². The van der Waals surface area contributed by atoms with Crippen LogP contribution in [-0.2, 0) is 9.53 Å². The van der Waals surface area contributed by atoms with Crippen LogP contribution < -0.4 is 5.73 Å². The molecule has 0 fully saturated rings. The standard InChI is InChI=1S/C10H11ClFNO2.ClH/c1-5-3-4-6(11)7(8(5)12)9(13)10(14)15-2;/h3-4,9H,13H2,1-2H3;1H/t9-;/m0./s1. The maximum atomic E-state index is 13.6. The van der Waals surface area contributed by atoms with E-state index >= 15 is 0 Å². The molecule has 1 rings (SSSR count). The molecule has 0 saturated heterocycles. The van der Waals surface area contributed by atoms with Crippen molar-refractivity contribution in [2.24, 2.45) is 5.73 Å². The van der Waals surface area contributed by atoms with E-state index in [9.17, 15) is 9.18 Å². The molecule has 6 heteroatoms. The van der Waals surface area contributed by atoms with Gasteiger partial charge in [-0.05, 0) is 18.6 Å². The van der Waals surface area contributed by atoms with Gasteiger partial charge in [0.15, 0.2) is 0 Å². The number of benzene rings is 1. The molecule has 0 spiro atoms. The van der Waals surface area contributed by atoms with Crippen molar-refractivity contribution in [2.75, 3.05) is 7.11 Å². The van der Waals surface area contributed by atoms with E-state index in [4.69, 9.17) is 17.3 Å². The lowest BCUT2D eigenvalue weighted by Crippen LogP contribution is -2.24. The minimum Gasteiger partial charge on any atom is -0.468 e. The van der Waals surface area contributed by atoms with Crippen LogP contribution in [0.4, 0.5) is 4.39 Å². The van der Waals surface area contributed by atoms with Crippen molar-refractivity contribution in [3.8, 4) is 0 Å². The minimum absolute atomic E-state index is 0. The third-order valence-corrected chi connectivity index (χ3v) is 2.42. The lowest BCUT2D eigenvalue weighted by molar-refractivity contribution is -0.142. The molecule has 3 nitrogen and oxygen atoms in total. The fourth-order valence-electron chi connectivity index (χ4n) is 1.21. The number of aryl methyl sites for hydroxylation is 1. The van der Waals surface area contributed by atoms with E-state index in [0.717, 1.165) is 0 Å². The number of nitrogens with two attached hydrogens (primary N) is 1. The first kappa shape index (κ1) is 15.2. The van der Waals surface area contributed by atoms with Crippen LogP contribution in [0.2, 0.25) is 5.02 Å². The molecule has 0 heterocycles. The molecule has 0 saturated carbocycles. The summed E-state index contributed by atoms with van der Waals surface area (Å²) in [7, 11) is 1.18. The van der Waals surface area contributed by atoms with Crippen LogP contribution in [0.1, 0.15) is 17.2 Å². The van der Waals surface area contributed by atoms with Crippen LogP contribution in [0, 0.1) is 12.7 Å². The zero-order valence-corrected chi connectivity index (χ0v) is 10.4. The van der Waals surface area contributed by atoms with E-state index in [-0.39, 0.29) is 23.0 Å². The van der Waals surface area contributed by atoms with E-state index in [1.165, 1.54) is 19.2 Å². The molecule has 0 aliphatic rings. The van der Waals surface area contributed by atoms with Crippen molar-refractivity contribution >= 4 is 30.0 Å². The average Bonchev–Trinajstić information content (AvgIpc) is 2.22. The average molecular weight is 268 g/mol. The van der Waals surface area contributed by atoms with Crippen LogP contribution in [0.25, 0.3) is 0 Å². The van der Waals surface area contributed by atoms with Gasteiger partial charge in [0.05, 0.1) is 7.11 Å². The van der Waals surface area contributed by atoms with Crippen molar-refractivity contribution in [2.45, 2.75) is 13.0 Å². The molecular formula is C10H12Cl2FNO2. The maximum absolute atomic E-state index is 13.6. The number of methoxy groups -OCH3 is 1. The fourth-order valence-corrected chi connectivity index (χ4v) is 1.47. The summed E-state index contributed by atoms with van der Waals surface area (Å²) in [6, 6.07) is 1.82. The van der Waals surface area contributed by atoms with Gasteiger partial charge in [-0.15, -0.1) is 12.4 Å². The first-order valence-corrected chi connectivity index (χ1v) is 4.64. The fraction of sp³-hybridized carbons (Fsp3) is 0.300. The molecule has 1 aromatic carbocycles. The Morgan fingerprint density at radius 2 is 2.12 bits per heavy atom.